The van der Waals surface area contributed by atoms with Crippen molar-refractivity contribution in [1.82, 2.24) is 20.3 Å². The molecule has 98 valence electrons. The highest BCUT2D eigenvalue weighted by Gasteiger charge is 2.17. The molecule has 1 aromatic rings. The van der Waals surface area contributed by atoms with E-state index in [1.165, 1.54) is 0 Å². The molecule has 0 saturated carbocycles. The molecule has 0 aromatic carbocycles. The van der Waals surface area contributed by atoms with Gasteiger partial charge in [-0.15, -0.1) is 0 Å². The Kier molecular flexibility index (Phi) is 3.51. The van der Waals surface area contributed by atoms with Crippen molar-refractivity contribution in [3.05, 3.63) is 6.33 Å². The number of piperazine rings is 1. The first kappa shape index (κ1) is 11.6. The molecule has 0 radical (unpaired) electrons. The number of rotatable bonds is 2. The number of morpholine rings is 1. The maximum Gasteiger partial charge on any atom is 0.230 e. The molecule has 0 aliphatic carbocycles. The van der Waals surface area contributed by atoms with Gasteiger partial charge in [0.15, 0.2) is 0 Å². The van der Waals surface area contributed by atoms with E-state index < -0.39 is 0 Å². The summed E-state index contributed by atoms with van der Waals surface area (Å²) in [6.07, 6.45) is 1.61. The Balaban J connectivity index is 1.75. The number of hydrogen-bond acceptors (Lipinski definition) is 7. The van der Waals surface area contributed by atoms with Crippen LogP contribution >= 0.6 is 0 Å². The van der Waals surface area contributed by atoms with E-state index in [-0.39, 0.29) is 0 Å². The lowest BCUT2D eigenvalue weighted by Crippen LogP contribution is -2.44. The fraction of sp³-hybridized carbons (Fsp3) is 0.727. The monoisotopic (exact) mass is 250 g/mol. The van der Waals surface area contributed by atoms with Gasteiger partial charge >= 0.3 is 0 Å². The van der Waals surface area contributed by atoms with E-state index in [9.17, 15) is 0 Å². The van der Waals surface area contributed by atoms with Gasteiger partial charge in [-0.3, -0.25) is 0 Å². The maximum atomic E-state index is 5.34. The molecule has 2 fully saturated rings. The second kappa shape index (κ2) is 5.45. The Morgan fingerprint density at radius 3 is 2.22 bits per heavy atom. The summed E-state index contributed by atoms with van der Waals surface area (Å²) in [7, 11) is 0. The predicted molar refractivity (Wildman–Crippen MR) is 67.9 cm³/mol. The minimum absolute atomic E-state index is 0.745. The summed E-state index contributed by atoms with van der Waals surface area (Å²) >= 11 is 0. The normalized spacial score (nSPS) is 21.1. The van der Waals surface area contributed by atoms with Gasteiger partial charge in [0.2, 0.25) is 11.9 Å². The van der Waals surface area contributed by atoms with Gasteiger partial charge in [0.1, 0.15) is 6.33 Å². The van der Waals surface area contributed by atoms with E-state index in [1.807, 2.05) is 0 Å². The van der Waals surface area contributed by atoms with Gasteiger partial charge in [0.05, 0.1) is 13.2 Å². The zero-order valence-electron chi connectivity index (χ0n) is 10.4. The molecule has 0 unspecified atom stereocenters. The summed E-state index contributed by atoms with van der Waals surface area (Å²) in [5.74, 6) is 1.55. The number of nitrogens with one attached hydrogen (secondary N) is 1. The second-order valence-electron chi connectivity index (χ2n) is 4.42. The standard InChI is InChI=1S/C11H18N6O/c1-3-16(4-2-12-1)10-13-9-14-11(15-10)17-5-7-18-8-6-17/h9,12H,1-8H2. The molecule has 3 heterocycles. The third kappa shape index (κ3) is 2.51. The van der Waals surface area contributed by atoms with Crippen molar-refractivity contribution in [3.63, 3.8) is 0 Å². The lowest BCUT2D eigenvalue weighted by molar-refractivity contribution is 0.122. The Morgan fingerprint density at radius 2 is 1.56 bits per heavy atom. The van der Waals surface area contributed by atoms with Crippen molar-refractivity contribution >= 4 is 11.9 Å². The van der Waals surface area contributed by atoms with Crippen LogP contribution in [0.25, 0.3) is 0 Å². The van der Waals surface area contributed by atoms with Crippen LogP contribution in [0.15, 0.2) is 6.33 Å². The smallest absolute Gasteiger partial charge is 0.230 e. The molecule has 7 nitrogen and oxygen atoms in total. The molecule has 0 atom stereocenters. The van der Waals surface area contributed by atoms with Crippen LogP contribution in [0.2, 0.25) is 0 Å². The number of hydrogen-bond donors (Lipinski definition) is 1. The lowest BCUT2D eigenvalue weighted by atomic mass is 10.4. The molecule has 0 bridgehead atoms. The van der Waals surface area contributed by atoms with Gasteiger partial charge < -0.3 is 19.9 Å². The molecule has 2 aliphatic heterocycles. The van der Waals surface area contributed by atoms with Crippen LogP contribution < -0.4 is 15.1 Å². The topological polar surface area (TPSA) is 66.4 Å². The highest BCUT2D eigenvalue weighted by molar-refractivity contribution is 5.38. The van der Waals surface area contributed by atoms with E-state index >= 15 is 0 Å². The maximum absolute atomic E-state index is 5.34. The fourth-order valence-corrected chi connectivity index (χ4v) is 2.21. The Labute approximate surface area is 106 Å². The zero-order valence-corrected chi connectivity index (χ0v) is 10.4. The number of ether oxygens (including phenoxy) is 1. The quantitative estimate of drug-likeness (QED) is 0.731. The molecule has 7 heteroatoms. The molecule has 2 saturated heterocycles. The first-order valence-electron chi connectivity index (χ1n) is 6.41. The van der Waals surface area contributed by atoms with Crippen LogP contribution in [-0.4, -0.2) is 67.4 Å². The van der Waals surface area contributed by atoms with E-state index in [1.54, 1.807) is 6.33 Å². The SMILES string of the molecule is c1nc(N2CCNCC2)nc(N2CCOCC2)n1. The molecule has 0 amide bonds. The van der Waals surface area contributed by atoms with E-state index in [0.29, 0.717) is 0 Å². The fourth-order valence-electron chi connectivity index (χ4n) is 2.21. The van der Waals surface area contributed by atoms with E-state index in [2.05, 4.69) is 30.1 Å². The highest BCUT2D eigenvalue weighted by atomic mass is 16.5. The Morgan fingerprint density at radius 1 is 0.944 bits per heavy atom. The lowest BCUT2D eigenvalue weighted by Gasteiger charge is -2.29. The van der Waals surface area contributed by atoms with Crippen LogP contribution in [0.4, 0.5) is 11.9 Å². The number of aromatic nitrogens is 3. The van der Waals surface area contributed by atoms with Gasteiger partial charge in [-0.05, 0) is 0 Å². The van der Waals surface area contributed by atoms with Crippen LogP contribution in [-0.2, 0) is 4.74 Å². The minimum atomic E-state index is 0.745. The molecule has 1 aromatic heterocycles. The van der Waals surface area contributed by atoms with Crippen LogP contribution in [0, 0.1) is 0 Å². The van der Waals surface area contributed by atoms with Crippen molar-refractivity contribution in [2.45, 2.75) is 0 Å². The van der Waals surface area contributed by atoms with Crippen LogP contribution in [0.3, 0.4) is 0 Å². The molecule has 18 heavy (non-hydrogen) atoms. The van der Waals surface area contributed by atoms with E-state index in [0.717, 1.165) is 64.4 Å². The van der Waals surface area contributed by atoms with Crippen molar-refractivity contribution in [2.75, 3.05) is 62.3 Å². The summed E-state index contributed by atoms with van der Waals surface area (Å²) in [5.41, 5.74) is 0. The summed E-state index contributed by atoms with van der Waals surface area (Å²) in [4.78, 5) is 17.5. The molecule has 1 N–H and O–H groups in total. The number of anilines is 2. The highest BCUT2D eigenvalue weighted by Crippen LogP contribution is 2.13. The third-order valence-corrected chi connectivity index (χ3v) is 3.24. The summed E-state index contributed by atoms with van der Waals surface area (Å²) in [5, 5.41) is 3.32. The summed E-state index contributed by atoms with van der Waals surface area (Å²) in [6, 6.07) is 0. The first-order valence-corrected chi connectivity index (χ1v) is 6.41. The largest absolute Gasteiger partial charge is 0.378 e. The summed E-state index contributed by atoms with van der Waals surface area (Å²) < 4.78 is 5.34. The van der Waals surface area contributed by atoms with Gasteiger partial charge in [0, 0.05) is 39.3 Å². The minimum Gasteiger partial charge on any atom is -0.378 e. The third-order valence-electron chi connectivity index (χ3n) is 3.24. The second-order valence-corrected chi connectivity index (χ2v) is 4.42. The van der Waals surface area contributed by atoms with Crippen molar-refractivity contribution in [1.29, 1.82) is 0 Å². The molecule has 3 rings (SSSR count). The van der Waals surface area contributed by atoms with Gasteiger partial charge in [0.25, 0.3) is 0 Å². The summed E-state index contributed by atoms with van der Waals surface area (Å²) in [6.45, 7) is 7.07. The number of nitrogens with zero attached hydrogens (tertiary/aromatic N) is 5. The molecular formula is C11H18N6O. The van der Waals surface area contributed by atoms with E-state index in [4.69, 9.17) is 4.74 Å². The molecule has 2 aliphatic rings. The van der Waals surface area contributed by atoms with Crippen molar-refractivity contribution in [3.8, 4) is 0 Å². The Bertz CT molecular complexity index is 356. The van der Waals surface area contributed by atoms with Gasteiger partial charge in [-0.2, -0.15) is 4.98 Å². The van der Waals surface area contributed by atoms with Gasteiger partial charge in [-0.25, -0.2) is 9.97 Å². The van der Waals surface area contributed by atoms with Crippen LogP contribution in [0.1, 0.15) is 0 Å². The Hall–Kier alpha value is -1.47. The first-order chi connectivity index (χ1) is 8.93. The van der Waals surface area contributed by atoms with Crippen molar-refractivity contribution < 1.29 is 4.74 Å². The predicted octanol–water partition coefficient (Wildman–Crippen LogP) is -0.882. The average Bonchev–Trinajstić information content (AvgIpc) is 2.49. The van der Waals surface area contributed by atoms with Crippen LogP contribution in [0.5, 0.6) is 0 Å². The van der Waals surface area contributed by atoms with Gasteiger partial charge in [-0.1, -0.05) is 0 Å². The molecule has 0 spiro atoms. The molecular weight excluding hydrogens is 232 g/mol. The van der Waals surface area contributed by atoms with Crippen molar-refractivity contribution in [2.24, 2.45) is 0 Å². The zero-order chi connectivity index (χ0) is 12.2. The average molecular weight is 250 g/mol.